The van der Waals surface area contributed by atoms with E-state index in [4.69, 9.17) is 14.2 Å². The lowest BCUT2D eigenvalue weighted by atomic mass is 10.2. The molecule has 0 aliphatic carbocycles. The van der Waals surface area contributed by atoms with Crippen LogP contribution in [-0.2, 0) is 9.59 Å². The number of nitrogens with zero attached hydrogens (tertiary/aromatic N) is 1. The van der Waals surface area contributed by atoms with E-state index >= 15 is 0 Å². The molecule has 2 N–H and O–H groups in total. The molecule has 9 heteroatoms. The van der Waals surface area contributed by atoms with Crippen LogP contribution in [0.25, 0.3) is 0 Å². The predicted molar refractivity (Wildman–Crippen MR) is 107 cm³/mol. The van der Waals surface area contributed by atoms with Gasteiger partial charge in [0.1, 0.15) is 24.5 Å². The standard InChI is InChI=1S/C21H21N3O6/c1-28-14-8-6-13(7-9-14)24-20(26)16(23-21(24)27)10-19(25)22-11-15-12-29-17-4-2-3-5-18(17)30-15/h2-9,15-16H,10-12H2,1H3,(H,22,25)(H,23,27)/t15-,16-/m0/s1. The van der Waals surface area contributed by atoms with Gasteiger partial charge in [-0.15, -0.1) is 0 Å². The average Bonchev–Trinajstić information content (AvgIpc) is 3.05. The lowest BCUT2D eigenvalue weighted by Crippen LogP contribution is -2.43. The summed E-state index contributed by atoms with van der Waals surface area (Å²) in [6.45, 7) is 0.534. The number of para-hydroxylation sites is 2. The minimum absolute atomic E-state index is 0.165. The topological polar surface area (TPSA) is 106 Å². The Morgan fingerprint density at radius 2 is 1.90 bits per heavy atom. The van der Waals surface area contributed by atoms with Gasteiger partial charge in [-0.1, -0.05) is 12.1 Å². The number of carbonyl (C=O) groups is 3. The van der Waals surface area contributed by atoms with Gasteiger partial charge in [0, 0.05) is 0 Å². The Hall–Kier alpha value is -3.75. The molecule has 2 aromatic carbocycles. The minimum atomic E-state index is -0.927. The van der Waals surface area contributed by atoms with Crippen molar-refractivity contribution >= 4 is 23.5 Å². The number of ether oxygens (including phenoxy) is 3. The molecule has 0 saturated carbocycles. The van der Waals surface area contributed by atoms with E-state index in [2.05, 4.69) is 10.6 Å². The molecule has 0 bridgehead atoms. The van der Waals surface area contributed by atoms with E-state index in [9.17, 15) is 14.4 Å². The van der Waals surface area contributed by atoms with Gasteiger partial charge >= 0.3 is 6.03 Å². The highest BCUT2D eigenvalue weighted by Gasteiger charge is 2.40. The molecular formula is C21H21N3O6. The Labute approximate surface area is 172 Å². The molecule has 156 valence electrons. The monoisotopic (exact) mass is 411 g/mol. The zero-order chi connectivity index (χ0) is 21.1. The number of amides is 4. The molecule has 30 heavy (non-hydrogen) atoms. The molecule has 2 aliphatic rings. The maximum Gasteiger partial charge on any atom is 0.329 e. The van der Waals surface area contributed by atoms with Crippen molar-refractivity contribution in [1.82, 2.24) is 10.6 Å². The third kappa shape index (κ3) is 4.00. The maximum absolute atomic E-state index is 12.6. The Bertz CT molecular complexity index is 961. The van der Waals surface area contributed by atoms with Crippen molar-refractivity contribution in [2.45, 2.75) is 18.6 Å². The van der Waals surface area contributed by atoms with Gasteiger partial charge in [-0.05, 0) is 36.4 Å². The smallest absolute Gasteiger partial charge is 0.329 e. The van der Waals surface area contributed by atoms with Crippen LogP contribution in [0.15, 0.2) is 48.5 Å². The molecule has 2 aliphatic heterocycles. The molecule has 4 rings (SSSR count). The Morgan fingerprint density at radius 3 is 2.63 bits per heavy atom. The van der Waals surface area contributed by atoms with Crippen LogP contribution < -0.4 is 29.7 Å². The van der Waals surface area contributed by atoms with Gasteiger partial charge in [0.2, 0.25) is 5.91 Å². The molecule has 4 amide bonds. The summed E-state index contributed by atoms with van der Waals surface area (Å²) in [5.41, 5.74) is 0.410. The molecule has 0 aromatic heterocycles. The summed E-state index contributed by atoms with van der Waals surface area (Å²) in [5, 5.41) is 5.28. The number of imide groups is 1. The van der Waals surface area contributed by atoms with Crippen LogP contribution in [-0.4, -0.2) is 50.3 Å². The van der Waals surface area contributed by atoms with E-state index in [-0.39, 0.29) is 25.0 Å². The number of hydrogen-bond donors (Lipinski definition) is 2. The third-order valence-electron chi connectivity index (χ3n) is 4.83. The normalized spacial score (nSPS) is 20.0. The molecule has 0 unspecified atom stereocenters. The lowest BCUT2D eigenvalue weighted by Gasteiger charge is -2.26. The summed E-state index contributed by atoms with van der Waals surface area (Å²) >= 11 is 0. The Morgan fingerprint density at radius 1 is 1.17 bits per heavy atom. The van der Waals surface area contributed by atoms with Gasteiger partial charge < -0.3 is 24.8 Å². The Kier molecular flexibility index (Phi) is 5.42. The summed E-state index contributed by atoms with van der Waals surface area (Å²) in [7, 11) is 1.53. The zero-order valence-corrected chi connectivity index (χ0v) is 16.3. The molecule has 0 radical (unpaired) electrons. The number of nitrogens with one attached hydrogen (secondary N) is 2. The van der Waals surface area contributed by atoms with Crippen LogP contribution in [0, 0.1) is 0 Å². The van der Waals surface area contributed by atoms with Crippen LogP contribution in [0.2, 0.25) is 0 Å². The van der Waals surface area contributed by atoms with Crippen molar-refractivity contribution in [1.29, 1.82) is 0 Å². The number of rotatable bonds is 6. The number of anilines is 1. The van der Waals surface area contributed by atoms with E-state index < -0.39 is 18.0 Å². The summed E-state index contributed by atoms with van der Waals surface area (Å²) in [6, 6.07) is 12.3. The molecule has 2 aromatic rings. The highest BCUT2D eigenvalue weighted by Crippen LogP contribution is 2.30. The van der Waals surface area contributed by atoms with Crippen molar-refractivity contribution < 1.29 is 28.6 Å². The van der Waals surface area contributed by atoms with E-state index in [1.807, 2.05) is 18.2 Å². The molecule has 0 spiro atoms. The quantitative estimate of drug-likeness (QED) is 0.698. The first-order chi connectivity index (χ1) is 14.5. The molecule has 9 nitrogen and oxygen atoms in total. The fourth-order valence-electron chi connectivity index (χ4n) is 3.29. The van der Waals surface area contributed by atoms with E-state index in [0.717, 1.165) is 4.90 Å². The fourth-order valence-corrected chi connectivity index (χ4v) is 3.29. The highest BCUT2D eigenvalue weighted by atomic mass is 16.6. The predicted octanol–water partition coefficient (Wildman–Crippen LogP) is 1.47. The summed E-state index contributed by atoms with van der Waals surface area (Å²) in [6.07, 6.45) is -0.505. The summed E-state index contributed by atoms with van der Waals surface area (Å²) < 4.78 is 16.5. The first-order valence-corrected chi connectivity index (χ1v) is 9.49. The summed E-state index contributed by atoms with van der Waals surface area (Å²) in [5.74, 6) is 1.05. The van der Waals surface area contributed by atoms with Gasteiger partial charge in [0.25, 0.3) is 5.91 Å². The second-order valence-electron chi connectivity index (χ2n) is 6.88. The second-order valence-corrected chi connectivity index (χ2v) is 6.88. The van der Waals surface area contributed by atoms with E-state index in [0.29, 0.717) is 29.5 Å². The first kappa shape index (κ1) is 19.6. The minimum Gasteiger partial charge on any atom is -0.497 e. The van der Waals surface area contributed by atoms with Crippen LogP contribution in [0.4, 0.5) is 10.5 Å². The van der Waals surface area contributed by atoms with Crippen molar-refractivity contribution in [2.75, 3.05) is 25.2 Å². The SMILES string of the molecule is COc1ccc(N2C(=O)N[C@@H](CC(=O)NC[C@H]3COc4ccccc4O3)C2=O)cc1. The molecule has 1 fully saturated rings. The molecule has 2 heterocycles. The number of hydrogen-bond acceptors (Lipinski definition) is 6. The fraction of sp³-hybridized carbons (Fsp3) is 0.286. The van der Waals surface area contributed by atoms with Crippen molar-refractivity contribution in [2.24, 2.45) is 0 Å². The van der Waals surface area contributed by atoms with Gasteiger partial charge in [-0.25, -0.2) is 9.69 Å². The third-order valence-corrected chi connectivity index (χ3v) is 4.83. The van der Waals surface area contributed by atoms with Crippen LogP contribution in [0.1, 0.15) is 6.42 Å². The lowest BCUT2D eigenvalue weighted by molar-refractivity contribution is -0.125. The summed E-state index contributed by atoms with van der Waals surface area (Å²) in [4.78, 5) is 38.2. The van der Waals surface area contributed by atoms with E-state index in [1.165, 1.54) is 7.11 Å². The number of benzene rings is 2. The number of methoxy groups -OCH3 is 1. The van der Waals surface area contributed by atoms with Crippen molar-refractivity contribution in [3.63, 3.8) is 0 Å². The van der Waals surface area contributed by atoms with Gasteiger partial charge in [0.05, 0.1) is 25.8 Å². The molecular weight excluding hydrogens is 390 g/mol. The molecule has 2 atom stereocenters. The maximum atomic E-state index is 12.6. The number of carbonyl (C=O) groups excluding carboxylic acids is 3. The van der Waals surface area contributed by atoms with Crippen LogP contribution in [0.5, 0.6) is 17.2 Å². The van der Waals surface area contributed by atoms with Crippen LogP contribution >= 0.6 is 0 Å². The highest BCUT2D eigenvalue weighted by molar-refractivity contribution is 6.22. The number of fused-ring (bicyclic) bond motifs is 1. The molecule has 1 saturated heterocycles. The zero-order valence-electron chi connectivity index (χ0n) is 16.3. The van der Waals surface area contributed by atoms with Gasteiger partial charge in [-0.3, -0.25) is 9.59 Å². The average molecular weight is 411 g/mol. The first-order valence-electron chi connectivity index (χ1n) is 9.49. The van der Waals surface area contributed by atoms with E-state index in [1.54, 1.807) is 30.3 Å². The van der Waals surface area contributed by atoms with Crippen molar-refractivity contribution in [3.05, 3.63) is 48.5 Å². The largest absolute Gasteiger partial charge is 0.497 e. The van der Waals surface area contributed by atoms with Gasteiger partial charge in [-0.2, -0.15) is 0 Å². The van der Waals surface area contributed by atoms with Crippen LogP contribution in [0.3, 0.4) is 0 Å². The van der Waals surface area contributed by atoms with Gasteiger partial charge in [0.15, 0.2) is 11.5 Å². The Balaban J connectivity index is 1.30. The second kappa shape index (κ2) is 8.32. The van der Waals surface area contributed by atoms with Crippen molar-refractivity contribution in [3.8, 4) is 17.2 Å². The number of urea groups is 1.